The zero-order valence-electron chi connectivity index (χ0n) is 33.3. The van der Waals surface area contributed by atoms with Crippen LogP contribution < -0.4 is 20.0 Å². The summed E-state index contributed by atoms with van der Waals surface area (Å²) in [5, 5.41) is 20.8. The maximum atomic E-state index is 15.4. The van der Waals surface area contributed by atoms with E-state index in [0.29, 0.717) is 38.9 Å². The van der Waals surface area contributed by atoms with Crippen molar-refractivity contribution in [3.8, 4) is 11.5 Å². The Balaban J connectivity index is 1.11. The Bertz CT molecular complexity index is 2640. The van der Waals surface area contributed by atoms with E-state index in [1.165, 1.54) is 42.3 Å². The molecule has 9 rings (SSSR count). The smallest absolute Gasteiger partial charge is 0.260 e. The van der Waals surface area contributed by atoms with Gasteiger partial charge in [0.1, 0.15) is 5.82 Å². The molecular weight excluding hydrogens is 799 g/mol. The molecule has 308 valence electrons. The van der Waals surface area contributed by atoms with Gasteiger partial charge in [0.25, 0.3) is 11.8 Å². The average Bonchev–Trinajstić information content (AvgIpc) is 3.64. The van der Waals surface area contributed by atoms with Crippen LogP contribution in [-0.2, 0) is 24.6 Å². The molecule has 2 heterocycles. The first-order valence-corrected chi connectivity index (χ1v) is 20.2. The minimum Gasteiger partial charge on any atom is -0.504 e. The molecule has 2 N–H and O–H groups in total. The molecule has 5 aromatic rings. The molecule has 0 aromatic heterocycles. The molecule has 0 radical (unpaired) electrons. The predicted octanol–water partition coefficient (Wildman–Crippen LogP) is 8.86. The lowest BCUT2D eigenvalue weighted by molar-refractivity contribution is -0.138. The lowest BCUT2D eigenvalue weighted by Crippen LogP contribution is -2.53. The number of halogens is 2. The van der Waals surface area contributed by atoms with Gasteiger partial charge in [-0.2, -0.15) is 15.2 Å². The Hall–Kier alpha value is -6.86. The topological polar surface area (TPSA) is 144 Å². The number of carbonyl (C=O) groups excluding carboxylic acids is 4. The Morgan fingerprint density at radius 1 is 0.820 bits per heavy atom. The Morgan fingerprint density at radius 2 is 1.48 bits per heavy atom. The normalized spacial score (nSPS) is 24.4. The second-order valence-electron chi connectivity index (χ2n) is 15.9. The fourth-order valence-corrected chi connectivity index (χ4v) is 9.89. The number of nitrogens with zero attached hydrogens (tertiary/aromatic N) is 5. The zero-order chi connectivity index (χ0) is 42.7. The van der Waals surface area contributed by atoms with Gasteiger partial charge in [-0.1, -0.05) is 41.4 Å². The van der Waals surface area contributed by atoms with Gasteiger partial charge in [-0.15, -0.1) is 0 Å². The molecule has 4 aliphatic rings. The first kappa shape index (κ1) is 39.6. The lowest BCUT2D eigenvalue weighted by Gasteiger charge is -2.50. The Labute approximate surface area is 355 Å². The molecule has 5 aromatic carbocycles. The maximum Gasteiger partial charge on any atom is 0.260 e. The molecule has 3 fully saturated rings. The number of hydrazine groups is 1. The molecular formula is C47H40ClFN6O6. The number of fused-ring (bicyclic) bond motifs is 4. The number of rotatable bonds is 9. The van der Waals surface area contributed by atoms with Gasteiger partial charge < -0.3 is 14.7 Å². The molecule has 12 nitrogen and oxygen atoms in total. The van der Waals surface area contributed by atoms with E-state index in [1.807, 2.05) is 49.3 Å². The molecule has 4 amide bonds. The summed E-state index contributed by atoms with van der Waals surface area (Å²) < 4.78 is 19.5. The highest BCUT2D eigenvalue weighted by Gasteiger charge is 2.70. The van der Waals surface area contributed by atoms with Crippen molar-refractivity contribution in [1.29, 1.82) is 0 Å². The minimum absolute atomic E-state index is 0.0647. The third kappa shape index (κ3) is 6.51. The Kier molecular flexibility index (Phi) is 9.94. The van der Waals surface area contributed by atoms with Crippen LogP contribution in [0.15, 0.2) is 137 Å². The summed E-state index contributed by atoms with van der Waals surface area (Å²) in [6, 6.07) is 31.2. The van der Waals surface area contributed by atoms with Gasteiger partial charge in [-0.3, -0.25) is 29.5 Å². The molecule has 2 saturated heterocycles. The van der Waals surface area contributed by atoms with Crippen molar-refractivity contribution in [2.75, 3.05) is 36.4 Å². The van der Waals surface area contributed by atoms with Crippen LogP contribution in [0.5, 0.6) is 11.5 Å². The minimum atomic E-state index is -1.59. The zero-order valence-corrected chi connectivity index (χ0v) is 34.1. The van der Waals surface area contributed by atoms with Crippen molar-refractivity contribution >= 4 is 63.7 Å². The summed E-state index contributed by atoms with van der Waals surface area (Å²) in [4.78, 5) is 62.6. The number of imide groups is 2. The van der Waals surface area contributed by atoms with E-state index in [2.05, 4.69) is 15.7 Å². The summed E-state index contributed by atoms with van der Waals surface area (Å²) >= 11 is 6.40. The molecule has 0 unspecified atom stereocenters. The number of carbonyl (C=O) groups is 4. The number of aromatic hydroxyl groups is 1. The van der Waals surface area contributed by atoms with E-state index in [-0.39, 0.29) is 30.2 Å². The van der Waals surface area contributed by atoms with Crippen LogP contribution in [0, 0.1) is 29.5 Å². The number of ether oxygens (including phenoxy) is 1. The number of phenolic OH excluding ortho intramolecular Hbond substituents is 1. The quantitative estimate of drug-likeness (QED) is 0.0852. The number of nitrogens with one attached hydrogen (secondary N) is 1. The molecule has 2 aliphatic carbocycles. The molecule has 14 heteroatoms. The predicted molar refractivity (Wildman–Crippen MR) is 228 cm³/mol. The lowest BCUT2D eigenvalue weighted by atomic mass is 9.49. The number of hydrogen-bond acceptors (Lipinski definition) is 10. The number of azo groups is 1. The van der Waals surface area contributed by atoms with Gasteiger partial charge >= 0.3 is 0 Å². The summed E-state index contributed by atoms with van der Waals surface area (Å²) in [6.45, 7) is 0. The Morgan fingerprint density at radius 3 is 2.11 bits per heavy atom. The highest BCUT2D eigenvalue weighted by Crippen LogP contribution is 2.64. The number of methoxy groups -OCH3 is 1. The third-order valence-electron chi connectivity index (χ3n) is 12.5. The molecule has 0 bridgehead atoms. The standard InChI is InChI=1S/C47H40ClFN6O6/c1-53(2)33-17-13-30(14-18-33)50-51-31-15-19-34(20-16-31)54-43(57)36-22-21-35-37(41(36)45(54)59)25-38-44(58)55(52-32-11-9-29(49)10-12-32)46(60)47(38,27-5-7-28(48)8-6-27)42(35)26-4-23-39(56)40(24-26)61-3/h4-21,23-24,36-38,41-42,52,56H,22,25H2,1-3H3/t36-,37+,38-,41-,42-,47+/m0/s1. The van der Waals surface area contributed by atoms with E-state index >= 15 is 4.79 Å². The van der Waals surface area contributed by atoms with Crippen LogP contribution in [0.25, 0.3) is 0 Å². The maximum absolute atomic E-state index is 15.4. The van der Waals surface area contributed by atoms with Crippen LogP contribution in [0.1, 0.15) is 29.9 Å². The highest BCUT2D eigenvalue weighted by atomic mass is 35.5. The number of phenols is 1. The fourth-order valence-electron chi connectivity index (χ4n) is 9.76. The molecule has 6 atom stereocenters. The number of allylic oxidation sites excluding steroid dienone is 2. The van der Waals surface area contributed by atoms with Gasteiger partial charge in [0.05, 0.1) is 53.0 Å². The van der Waals surface area contributed by atoms with Crippen molar-refractivity contribution in [2.24, 2.45) is 33.9 Å². The number of hydrogen-bond donors (Lipinski definition) is 2. The molecule has 2 aliphatic heterocycles. The van der Waals surface area contributed by atoms with Crippen LogP contribution in [0.3, 0.4) is 0 Å². The van der Waals surface area contributed by atoms with Crippen molar-refractivity contribution in [3.05, 3.63) is 149 Å². The SMILES string of the molecule is COc1cc([C@H]2C3=CC[C@@H]4C(=O)N(c5ccc(N=Nc6ccc(N(C)C)cc6)cc5)C(=O)[C@@H]4[C@@H]3C[C@H]3C(=O)N(Nc4ccc(F)cc4)C(=O)[C@@]23c2ccc(Cl)cc2)ccc1O. The highest BCUT2D eigenvalue weighted by molar-refractivity contribution is 6.30. The van der Waals surface area contributed by atoms with Crippen molar-refractivity contribution in [1.82, 2.24) is 5.01 Å². The van der Waals surface area contributed by atoms with Gasteiger partial charge in [0, 0.05) is 30.7 Å². The molecule has 1 saturated carbocycles. The van der Waals surface area contributed by atoms with E-state index in [4.69, 9.17) is 16.3 Å². The summed E-state index contributed by atoms with van der Waals surface area (Å²) in [6.07, 6.45) is 2.22. The van der Waals surface area contributed by atoms with Gasteiger partial charge in [0.2, 0.25) is 11.8 Å². The number of amides is 4. The summed E-state index contributed by atoms with van der Waals surface area (Å²) in [5.41, 5.74) is 6.07. The van der Waals surface area contributed by atoms with Crippen LogP contribution in [0.4, 0.5) is 32.8 Å². The van der Waals surface area contributed by atoms with Crippen molar-refractivity contribution in [2.45, 2.75) is 24.2 Å². The van der Waals surface area contributed by atoms with Gasteiger partial charge in [-0.25, -0.2) is 4.39 Å². The first-order chi connectivity index (χ1) is 29.4. The van der Waals surface area contributed by atoms with Crippen molar-refractivity contribution in [3.63, 3.8) is 0 Å². The molecule has 0 spiro atoms. The van der Waals surface area contributed by atoms with E-state index in [0.717, 1.165) is 16.3 Å². The third-order valence-corrected chi connectivity index (χ3v) is 12.8. The van der Waals surface area contributed by atoms with Gasteiger partial charge in [0.15, 0.2) is 11.5 Å². The average molecular weight is 839 g/mol. The number of anilines is 3. The second kappa shape index (κ2) is 15.3. The second-order valence-corrected chi connectivity index (χ2v) is 16.4. The van der Waals surface area contributed by atoms with Crippen molar-refractivity contribution < 1.29 is 33.4 Å². The summed E-state index contributed by atoms with van der Waals surface area (Å²) in [7, 11) is 5.32. The first-order valence-electron chi connectivity index (χ1n) is 19.8. The summed E-state index contributed by atoms with van der Waals surface area (Å²) in [5.74, 6) is -6.44. The fraction of sp³-hybridized carbons (Fsp3) is 0.234. The largest absolute Gasteiger partial charge is 0.504 e. The van der Waals surface area contributed by atoms with E-state index < -0.39 is 58.5 Å². The van der Waals surface area contributed by atoms with Crippen LogP contribution in [0.2, 0.25) is 5.02 Å². The van der Waals surface area contributed by atoms with Crippen LogP contribution >= 0.6 is 11.6 Å². The monoisotopic (exact) mass is 838 g/mol. The van der Waals surface area contributed by atoms with Gasteiger partial charge in [-0.05, 0) is 127 Å². The molecule has 61 heavy (non-hydrogen) atoms. The van der Waals surface area contributed by atoms with E-state index in [9.17, 15) is 23.9 Å². The van der Waals surface area contributed by atoms with Crippen LogP contribution in [-0.4, -0.2) is 54.9 Å². The van der Waals surface area contributed by atoms with E-state index in [1.54, 1.807) is 60.7 Å². The number of benzene rings is 5.